The molecule has 1 fully saturated rings. The van der Waals surface area contributed by atoms with Crippen LogP contribution in [0.25, 0.3) is 6.08 Å². The van der Waals surface area contributed by atoms with Crippen LogP contribution in [0.15, 0.2) is 80.4 Å². The quantitative estimate of drug-likeness (QED) is 0.233. The van der Waals surface area contributed by atoms with Gasteiger partial charge in [-0.2, -0.15) is 5.10 Å². The number of amidine groups is 1. The second-order valence-corrected chi connectivity index (χ2v) is 9.39. The van der Waals surface area contributed by atoms with Gasteiger partial charge in [0, 0.05) is 5.56 Å². The molecule has 1 amide bonds. The Bertz CT molecular complexity index is 1300. The molecule has 1 saturated heterocycles. The highest BCUT2D eigenvalue weighted by molar-refractivity contribution is 8.18. The van der Waals surface area contributed by atoms with Crippen molar-refractivity contribution in [1.29, 1.82) is 0 Å². The maximum atomic E-state index is 13.3. The van der Waals surface area contributed by atoms with Crippen LogP contribution in [0.4, 0.5) is 0 Å². The number of carbonyl (C=O) groups is 1. The van der Waals surface area contributed by atoms with E-state index in [1.807, 2.05) is 18.2 Å². The van der Waals surface area contributed by atoms with E-state index in [4.69, 9.17) is 13.9 Å². The Labute approximate surface area is 213 Å². The zero-order valence-corrected chi connectivity index (χ0v) is 21.1. The van der Waals surface area contributed by atoms with Gasteiger partial charge in [0.25, 0.3) is 5.91 Å². The Morgan fingerprint density at radius 2 is 1.97 bits per heavy atom. The molecular weight excluding hydrogens is 478 g/mol. The highest BCUT2D eigenvalue weighted by Crippen LogP contribution is 2.36. The minimum absolute atomic E-state index is 0.0967. The molecule has 8 nitrogen and oxygen atoms in total. The number of thioether (sulfide) groups is 1. The van der Waals surface area contributed by atoms with Crippen LogP contribution in [0.2, 0.25) is 0 Å². The van der Waals surface area contributed by atoms with Gasteiger partial charge in [-0.05, 0) is 65.7 Å². The first-order chi connectivity index (χ1) is 17.4. The van der Waals surface area contributed by atoms with Crippen LogP contribution in [-0.4, -0.2) is 41.0 Å². The average Bonchev–Trinajstić information content (AvgIpc) is 3.48. The molecule has 0 unspecified atom stereocenters. The van der Waals surface area contributed by atoms with Crippen molar-refractivity contribution >= 4 is 35.1 Å². The van der Waals surface area contributed by atoms with Crippen molar-refractivity contribution in [2.45, 2.75) is 20.4 Å². The molecular formula is C27H27N3O5S. The summed E-state index contributed by atoms with van der Waals surface area (Å²) in [6.07, 6.45) is 4.79. The predicted octanol–water partition coefficient (Wildman–Crippen LogP) is 5.54. The maximum absolute atomic E-state index is 13.3. The van der Waals surface area contributed by atoms with E-state index in [9.17, 15) is 9.90 Å². The standard InChI is InChI=1S/C27H27N3O5S/c1-18(2)17-35-23-11-10-19(13-24(23)33-3)14-25-26(32)30(16-21-8-6-12-34-21)27(36-25)29-28-15-20-7-4-5-9-22(20)31/h4-15,18,31H,16-17H2,1-3H3/b25-14-,28-15+,29-27-. The number of methoxy groups -OCH3 is 1. The van der Waals surface area contributed by atoms with Crippen molar-refractivity contribution in [2.75, 3.05) is 13.7 Å². The van der Waals surface area contributed by atoms with Crippen molar-refractivity contribution in [3.63, 3.8) is 0 Å². The largest absolute Gasteiger partial charge is 0.507 e. The number of nitrogens with zero attached hydrogens (tertiary/aromatic N) is 3. The molecule has 3 aromatic rings. The van der Waals surface area contributed by atoms with Crippen molar-refractivity contribution in [3.8, 4) is 17.2 Å². The first kappa shape index (κ1) is 25.1. The summed E-state index contributed by atoms with van der Waals surface area (Å²) in [6.45, 7) is 4.95. The third kappa shape index (κ3) is 6.17. The number of hydrogen-bond acceptors (Lipinski definition) is 8. The number of ether oxygens (including phenoxy) is 2. The van der Waals surface area contributed by atoms with Gasteiger partial charge in [-0.15, -0.1) is 5.10 Å². The van der Waals surface area contributed by atoms with Gasteiger partial charge in [0.15, 0.2) is 16.7 Å². The Balaban J connectivity index is 1.60. The number of hydrogen-bond donors (Lipinski definition) is 1. The summed E-state index contributed by atoms with van der Waals surface area (Å²) in [4.78, 5) is 15.3. The smallest absolute Gasteiger partial charge is 0.267 e. The molecule has 2 aromatic carbocycles. The number of furan rings is 1. The van der Waals surface area contributed by atoms with E-state index in [0.717, 1.165) is 5.56 Å². The fraction of sp³-hybridized carbons (Fsp3) is 0.222. The molecule has 0 aliphatic carbocycles. The van der Waals surface area contributed by atoms with E-state index in [1.165, 1.54) is 22.9 Å². The number of aromatic hydroxyl groups is 1. The third-order valence-electron chi connectivity index (χ3n) is 5.12. The summed E-state index contributed by atoms with van der Waals surface area (Å²) in [5.74, 6) is 2.13. The van der Waals surface area contributed by atoms with Crippen molar-refractivity contribution in [3.05, 3.63) is 82.7 Å². The predicted molar refractivity (Wildman–Crippen MR) is 141 cm³/mol. The van der Waals surface area contributed by atoms with E-state index in [2.05, 4.69) is 24.1 Å². The molecule has 1 aromatic heterocycles. The second kappa shape index (κ2) is 11.6. The Hall–Kier alpha value is -3.98. The van der Waals surface area contributed by atoms with Crippen LogP contribution in [0, 0.1) is 5.92 Å². The summed E-state index contributed by atoms with van der Waals surface area (Å²) in [5.41, 5.74) is 1.31. The lowest BCUT2D eigenvalue weighted by Gasteiger charge is -2.13. The number of rotatable bonds is 9. The molecule has 9 heteroatoms. The van der Waals surface area contributed by atoms with Crippen LogP contribution >= 0.6 is 11.8 Å². The third-order valence-corrected chi connectivity index (χ3v) is 6.11. The summed E-state index contributed by atoms with van der Waals surface area (Å²) in [5, 5.41) is 18.7. The SMILES string of the molecule is COc1cc(/C=C2\S/C(=N\N=C\c3ccccc3O)N(Cc3ccco3)C2=O)ccc1OCC(C)C. The molecule has 0 spiro atoms. The van der Waals surface area contributed by atoms with Crippen LogP contribution in [0.1, 0.15) is 30.7 Å². The monoisotopic (exact) mass is 505 g/mol. The van der Waals surface area contributed by atoms with Gasteiger partial charge in [0.2, 0.25) is 0 Å². The highest BCUT2D eigenvalue weighted by atomic mass is 32.2. The van der Waals surface area contributed by atoms with Gasteiger partial charge >= 0.3 is 0 Å². The molecule has 0 radical (unpaired) electrons. The lowest BCUT2D eigenvalue weighted by atomic mass is 10.1. The second-order valence-electron chi connectivity index (χ2n) is 8.38. The number of para-hydroxylation sites is 1. The minimum Gasteiger partial charge on any atom is -0.507 e. The van der Waals surface area contributed by atoms with E-state index in [0.29, 0.717) is 45.4 Å². The molecule has 4 rings (SSSR count). The lowest BCUT2D eigenvalue weighted by molar-refractivity contribution is -0.122. The van der Waals surface area contributed by atoms with Gasteiger partial charge in [-0.25, -0.2) is 0 Å². The molecule has 0 bridgehead atoms. The number of phenolic OH excluding ortho intramolecular Hbond substituents is 1. The molecule has 1 N–H and O–H groups in total. The normalized spacial score (nSPS) is 16.1. The van der Waals surface area contributed by atoms with Gasteiger partial charge in [0.1, 0.15) is 11.5 Å². The minimum atomic E-state index is -0.216. The summed E-state index contributed by atoms with van der Waals surface area (Å²) in [6, 6.07) is 15.9. The van der Waals surface area contributed by atoms with Gasteiger partial charge in [-0.1, -0.05) is 32.0 Å². The Morgan fingerprint density at radius 1 is 1.14 bits per heavy atom. The van der Waals surface area contributed by atoms with E-state index in [1.54, 1.807) is 55.8 Å². The number of benzene rings is 2. The number of phenols is 1. The lowest BCUT2D eigenvalue weighted by Crippen LogP contribution is -2.28. The van der Waals surface area contributed by atoms with Crippen LogP contribution < -0.4 is 9.47 Å². The fourth-order valence-corrected chi connectivity index (χ4v) is 4.25. The van der Waals surface area contributed by atoms with Gasteiger partial charge in [-0.3, -0.25) is 9.69 Å². The van der Waals surface area contributed by atoms with Crippen LogP contribution in [0.5, 0.6) is 17.2 Å². The molecule has 2 heterocycles. The zero-order chi connectivity index (χ0) is 25.5. The summed E-state index contributed by atoms with van der Waals surface area (Å²) in [7, 11) is 1.59. The Kier molecular flexibility index (Phi) is 8.12. The van der Waals surface area contributed by atoms with Crippen molar-refractivity contribution < 1.29 is 23.8 Å². The van der Waals surface area contributed by atoms with Crippen molar-refractivity contribution in [1.82, 2.24) is 4.90 Å². The van der Waals surface area contributed by atoms with E-state index < -0.39 is 0 Å². The molecule has 1 aliphatic heterocycles. The molecule has 1 aliphatic rings. The molecule has 0 saturated carbocycles. The topological polar surface area (TPSA) is 96.9 Å². The summed E-state index contributed by atoms with van der Waals surface area (Å²) >= 11 is 1.21. The summed E-state index contributed by atoms with van der Waals surface area (Å²) < 4.78 is 16.8. The first-order valence-corrected chi connectivity index (χ1v) is 12.2. The highest BCUT2D eigenvalue weighted by Gasteiger charge is 2.34. The van der Waals surface area contributed by atoms with E-state index >= 15 is 0 Å². The number of amides is 1. The fourth-order valence-electron chi connectivity index (χ4n) is 3.32. The van der Waals surface area contributed by atoms with Crippen LogP contribution in [-0.2, 0) is 11.3 Å². The molecule has 0 atom stereocenters. The number of carbonyl (C=O) groups excluding carboxylic acids is 1. The first-order valence-electron chi connectivity index (χ1n) is 11.4. The molecule has 36 heavy (non-hydrogen) atoms. The molecule has 186 valence electrons. The Morgan fingerprint density at radius 3 is 2.69 bits per heavy atom. The van der Waals surface area contributed by atoms with E-state index in [-0.39, 0.29) is 18.2 Å². The van der Waals surface area contributed by atoms with Gasteiger partial charge < -0.3 is 19.0 Å². The van der Waals surface area contributed by atoms with Gasteiger partial charge in [0.05, 0.1) is 37.6 Å². The zero-order valence-electron chi connectivity index (χ0n) is 20.2. The maximum Gasteiger partial charge on any atom is 0.267 e. The van der Waals surface area contributed by atoms with Crippen LogP contribution in [0.3, 0.4) is 0 Å². The average molecular weight is 506 g/mol. The van der Waals surface area contributed by atoms with Crippen molar-refractivity contribution in [2.24, 2.45) is 16.1 Å².